The van der Waals surface area contributed by atoms with E-state index >= 15 is 0 Å². The van der Waals surface area contributed by atoms with Crippen LogP contribution in [0.2, 0.25) is 0 Å². The molecule has 1 aromatic carbocycles. The van der Waals surface area contributed by atoms with Crippen molar-refractivity contribution in [2.75, 3.05) is 18.0 Å². The topological polar surface area (TPSA) is 131 Å². The predicted molar refractivity (Wildman–Crippen MR) is 63.5 cm³/mol. The molecular formula is C11H7FN4O4. The third kappa shape index (κ3) is 2.97. The zero-order chi connectivity index (χ0) is 15.3. The fourth-order valence-corrected chi connectivity index (χ4v) is 1.51. The minimum Gasteiger partial charge on any atom is -0.477 e. The van der Waals surface area contributed by atoms with Crippen LogP contribution in [0.4, 0.5) is 15.8 Å². The molecule has 20 heavy (non-hydrogen) atoms. The molecule has 0 radical (unpaired) electrons. The van der Waals surface area contributed by atoms with Crippen LogP contribution in [0, 0.1) is 38.6 Å². The van der Waals surface area contributed by atoms with Crippen molar-refractivity contribution in [3.05, 3.63) is 33.6 Å². The largest absolute Gasteiger partial charge is 0.477 e. The number of hydrogen-bond acceptors (Lipinski definition) is 6. The first-order chi connectivity index (χ1) is 9.42. The van der Waals surface area contributed by atoms with Crippen LogP contribution < -0.4 is 4.90 Å². The Morgan fingerprint density at radius 3 is 2.35 bits per heavy atom. The summed E-state index contributed by atoms with van der Waals surface area (Å²) in [5, 5.41) is 36.7. The van der Waals surface area contributed by atoms with Gasteiger partial charge in [0.2, 0.25) is 0 Å². The molecule has 0 atom stereocenters. The molecule has 0 unspecified atom stereocenters. The van der Waals surface area contributed by atoms with Gasteiger partial charge in [-0.1, -0.05) is 0 Å². The number of carboxylic acids is 1. The summed E-state index contributed by atoms with van der Waals surface area (Å²) in [5.74, 6) is -2.68. The maximum Gasteiger partial charge on any atom is 0.342 e. The average Bonchev–Trinajstić information content (AvgIpc) is 2.37. The Morgan fingerprint density at radius 2 is 1.95 bits per heavy atom. The van der Waals surface area contributed by atoms with Crippen LogP contribution in [0.5, 0.6) is 0 Å². The van der Waals surface area contributed by atoms with Crippen molar-refractivity contribution in [2.24, 2.45) is 0 Å². The van der Waals surface area contributed by atoms with Crippen molar-refractivity contribution in [1.82, 2.24) is 0 Å². The van der Waals surface area contributed by atoms with Gasteiger partial charge in [0.15, 0.2) is 5.82 Å². The maximum absolute atomic E-state index is 13.8. The van der Waals surface area contributed by atoms with Crippen LogP contribution in [0.1, 0.15) is 10.4 Å². The van der Waals surface area contributed by atoms with E-state index in [9.17, 15) is 19.3 Å². The average molecular weight is 278 g/mol. The number of anilines is 1. The van der Waals surface area contributed by atoms with E-state index in [1.165, 1.54) is 0 Å². The lowest BCUT2D eigenvalue weighted by atomic mass is 10.1. The van der Waals surface area contributed by atoms with Gasteiger partial charge >= 0.3 is 5.97 Å². The molecule has 0 fully saturated rings. The molecule has 102 valence electrons. The number of halogens is 1. The minimum atomic E-state index is -1.60. The summed E-state index contributed by atoms with van der Waals surface area (Å²) >= 11 is 0. The van der Waals surface area contributed by atoms with E-state index in [1.54, 1.807) is 12.1 Å². The van der Waals surface area contributed by atoms with Gasteiger partial charge in [-0.05, 0) is 6.07 Å². The van der Waals surface area contributed by atoms with Gasteiger partial charge in [0.1, 0.15) is 18.7 Å². The molecule has 1 rings (SSSR count). The Kier molecular flexibility index (Phi) is 4.54. The van der Waals surface area contributed by atoms with E-state index in [0.717, 1.165) is 11.0 Å². The van der Waals surface area contributed by atoms with Crippen LogP contribution in [0.3, 0.4) is 0 Å². The van der Waals surface area contributed by atoms with Crippen molar-refractivity contribution >= 4 is 17.3 Å². The van der Waals surface area contributed by atoms with E-state index in [-0.39, 0.29) is 18.8 Å². The molecule has 8 nitrogen and oxygen atoms in total. The van der Waals surface area contributed by atoms with Crippen LogP contribution in [0.25, 0.3) is 0 Å². The van der Waals surface area contributed by atoms with E-state index < -0.39 is 28.0 Å². The van der Waals surface area contributed by atoms with Crippen molar-refractivity contribution < 1.29 is 19.2 Å². The highest BCUT2D eigenvalue weighted by Gasteiger charge is 2.25. The van der Waals surface area contributed by atoms with Gasteiger partial charge in [-0.3, -0.25) is 10.1 Å². The summed E-state index contributed by atoms with van der Waals surface area (Å²) < 4.78 is 13.8. The van der Waals surface area contributed by atoms with Gasteiger partial charge in [-0.25, -0.2) is 9.18 Å². The Bertz CT molecular complexity index is 631. The molecule has 0 saturated carbocycles. The summed E-state index contributed by atoms with van der Waals surface area (Å²) in [5.41, 5.74) is -1.96. The standard InChI is InChI=1S/C11H7FN4O4/c12-8-6-9(16(19)20)7(11(17)18)5-10(8)15(3-1-13)4-2-14/h5-6H,3-4H2,(H,17,18). The normalized spacial score (nSPS) is 9.35. The summed E-state index contributed by atoms with van der Waals surface area (Å²) in [6, 6.07) is 4.58. The highest BCUT2D eigenvalue weighted by molar-refractivity contribution is 5.93. The Morgan fingerprint density at radius 1 is 1.40 bits per heavy atom. The van der Waals surface area contributed by atoms with E-state index in [4.69, 9.17) is 15.6 Å². The summed E-state index contributed by atoms with van der Waals surface area (Å²) in [4.78, 5) is 21.6. The lowest BCUT2D eigenvalue weighted by molar-refractivity contribution is -0.385. The molecule has 0 bridgehead atoms. The summed E-state index contributed by atoms with van der Waals surface area (Å²) in [6.07, 6.45) is 0. The number of nitro groups is 1. The SMILES string of the molecule is N#CCN(CC#N)c1cc(C(=O)O)c([N+](=O)[O-])cc1F. The van der Waals surface area contributed by atoms with Gasteiger partial charge in [0.25, 0.3) is 5.69 Å². The predicted octanol–water partition coefficient (Wildman–Crippen LogP) is 1.29. The Balaban J connectivity index is 3.46. The van der Waals surface area contributed by atoms with Crippen LogP contribution in [-0.2, 0) is 0 Å². The first-order valence-electron chi connectivity index (χ1n) is 5.12. The fraction of sp³-hybridized carbons (Fsp3) is 0.182. The molecule has 0 aliphatic carbocycles. The highest BCUT2D eigenvalue weighted by atomic mass is 19.1. The zero-order valence-electron chi connectivity index (χ0n) is 9.91. The molecule has 0 heterocycles. The second-order valence-electron chi connectivity index (χ2n) is 3.56. The van der Waals surface area contributed by atoms with Crippen LogP contribution >= 0.6 is 0 Å². The van der Waals surface area contributed by atoms with Gasteiger partial charge in [-0.2, -0.15) is 10.5 Å². The second kappa shape index (κ2) is 6.11. The molecular weight excluding hydrogens is 271 g/mol. The second-order valence-corrected chi connectivity index (χ2v) is 3.56. The van der Waals surface area contributed by atoms with Crippen molar-refractivity contribution in [2.45, 2.75) is 0 Å². The quantitative estimate of drug-likeness (QED) is 0.487. The number of hydrogen-bond donors (Lipinski definition) is 1. The van der Waals surface area contributed by atoms with E-state index in [0.29, 0.717) is 6.07 Å². The number of nitriles is 2. The molecule has 0 aromatic heterocycles. The molecule has 0 spiro atoms. The lowest BCUT2D eigenvalue weighted by Crippen LogP contribution is -2.25. The molecule has 1 aromatic rings. The minimum absolute atomic E-state index is 0.351. The van der Waals surface area contributed by atoms with E-state index in [1.807, 2.05) is 0 Å². The molecule has 9 heteroatoms. The molecule has 0 aliphatic rings. The molecule has 0 saturated heterocycles. The van der Waals surface area contributed by atoms with Crippen molar-refractivity contribution in [3.8, 4) is 12.1 Å². The molecule has 1 N–H and O–H groups in total. The lowest BCUT2D eigenvalue weighted by Gasteiger charge is -2.19. The third-order valence-corrected chi connectivity index (χ3v) is 2.36. The van der Waals surface area contributed by atoms with Gasteiger partial charge < -0.3 is 10.0 Å². The zero-order valence-corrected chi connectivity index (χ0v) is 9.91. The van der Waals surface area contributed by atoms with Gasteiger partial charge in [0, 0.05) is 0 Å². The number of nitro benzene ring substituents is 1. The van der Waals surface area contributed by atoms with Gasteiger partial charge in [-0.15, -0.1) is 0 Å². The smallest absolute Gasteiger partial charge is 0.342 e. The van der Waals surface area contributed by atoms with Gasteiger partial charge in [0.05, 0.1) is 28.8 Å². The third-order valence-electron chi connectivity index (χ3n) is 2.36. The first-order valence-corrected chi connectivity index (χ1v) is 5.12. The highest BCUT2D eigenvalue weighted by Crippen LogP contribution is 2.28. The number of carbonyl (C=O) groups is 1. The van der Waals surface area contributed by atoms with Crippen LogP contribution in [-0.4, -0.2) is 29.1 Å². The maximum atomic E-state index is 13.8. The number of aromatic carboxylic acids is 1. The number of benzene rings is 1. The Labute approximate surface area is 112 Å². The fourth-order valence-electron chi connectivity index (χ4n) is 1.51. The first kappa shape index (κ1) is 14.9. The Hall–Kier alpha value is -3.20. The monoisotopic (exact) mass is 278 g/mol. The van der Waals surface area contributed by atoms with Crippen molar-refractivity contribution in [3.63, 3.8) is 0 Å². The summed E-state index contributed by atoms with van der Waals surface area (Å²) in [6.45, 7) is -0.720. The number of rotatable bonds is 5. The van der Waals surface area contributed by atoms with E-state index in [2.05, 4.69) is 0 Å². The molecule has 0 amide bonds. The van der Waals surface area contributed by atoms with Crippen LogP contribution in [0.15, 0.2) is 12.1 Å². The van der Waals surface area contributed by atoms with Crippen molar-refractivity contribution in [1.29, 1.82) is 10.5 Å². The number of carboxylic acid groups (broad SMARTS) is 1. The molecule has 0 aliphatic heterocycles. The summed E-state index contributed by atoms with van der Waals surface area (Å²) in [7, 11) is 0. The number of nitrogens with zero attached hydrogens (tertiary/aromatic N) is 4.